The van der Waals surface area contributed by atoms with Gasteiger partial charge in [-0.1, -0.05) is 20.8 Å². The van der Waals surface area contributed by atoms with Crippen molar-refractivity contribution in [2.75, 3.05) is 20.1 Å². The minimum absolute atomic E-state index is 0.0798. The minimum atomic E-state index is 0.0798. The van der Waals surface area contributed by atoms with Crippen molar-refractivity contribution in [3.05, 3.63) is 0 Å². The van der Waals surface area contributed by atoms with Gasteiger partial charge in [-0.15, -0.1) is 0 Å². The van der Waals surface area contributed by atoms with Crippen LogP contribution in [0.2, 0.25) is 0 Å². The summed E-state index contributed by atoms with van der Waals surface area (Å²) in [5, 5.41) is 9.26. The molecule has 0 saturated heterocycles. The fraction of sp³-hybridized carbons (Fsp3) is 0.846. The Hall–Kier alpha value is -1.26. The molecule has 18 heavy (non-hydrogen) atoms. The molecule has 3 N–H and O–H groups in total. The summed E-state index contributed by atoms with van der Waals surface area (Å²) >= 11 is 0. The summed E-state index contributed by atoms with van der Waals surface area (Å²) in [5.41, 5.74) is 0. The molecule has 5 heteroatoms. The highest BCUT2D eigenvalue weighted by Gasteiger charge is 2.05. The number of hydrogen-bond acceptors (Lipinski definition) is 2. The zero-order valence-electron chi connectivity index (χ0n) is 12.3. The lowest BCUT2D eigenvalue weighted by Gasteiger charge is -2.14. The number of hydrogen-bond donors (Lipinski definition) is 3. The molecule has 0 aliphatic heterocycles. The Balaban J connectivity index is 3.77. The molecule has 0 rings (SSSR count). The first-order valence-electron chi connectivity index (χ1n) is 6.73. The molecule has 0 aromatic heterocycles. The molecule has 0 fully saturated rings. The lowest BCUT2D eigenvalue weighted by Crippen LogP contribution is -2.41. The maximum absolute atomic E-state index is 11.5. The van der Waals surface area contributed by atoms with Crippen molar-refractivity contribution in [2.24, 2.45) is 10.9 Å². The highest BCUT2D eigenvalue weighted by atomic mass is 16.1. The Labute approximate surface area is 111 Å². The van der Waals surface area contributed by atoms with Crippen molar-refractivity contribution in [3.8, 4) is 0 Å². The number of guanidine groups is 1. The van der Waals surface area contributed by atoms with E-state index in [0.717, 1.165) is 18.9 Å². The third kappa shape index (κ3) is 8.84. The highest BCUT2D eigenvalue weighted by molar-refractivity contribution is 5.81. The van der Waals surface area contributed by atoms with Crippen LogP contribution in [0.15, 0.2) is 4.99 Å². The molecule has 0 saturated carbocycles. The number of carbonyl (C=O) groups excluding carboxylic acids is 1. The Bertz CT molecular complexity index is 264. The van der Waals surface area contributed by atoms with E-state index in [0.29, 0.717) is 18.9 Å². The second kappa shape index (κ2) is 9.74. The van der Waals surface area contributed by atoms with Gasteiger partial charge in [0.05, 0.1) is 0 Å². The molecule has 5 nitrogen and oxygen atoms in total. The van der Waals surface area contributed by atoms with Crippen LogP contribution in [0.3, 0.4) is 0 Å². The van der Waals surface area contributed by atoms with Gasteiger partial charge in [0.25, 0.3) is 0 Å². The van der Waals surface area contributed by atoms with Crippen LogP contribution in [0, 0.1) is 5.92 Å². The van der Waals surface area contributed by atoms with Crippen LogP contribution in [0.25, 0.3) is 0 Å². The van der Waals surface area contributed by atoms with Crippen molar-refractivity contribution < 1.29 is 4.79 Å². The van der Waals surface area contributed by atoms with Crippen LogP contribution in [0.1, 0.15) is 40.5 Å². The van der Waals surface area contributed by atoms with Crippen molar-refractivity contribution in [1.82, 2.24) is 16.0 Å². The highest BCUT2D eigenvalue weighted by Crippen LogP contribution is 1.89. The third-order valence-corrected chi connectivity index (χ3v) is 2.57. The van der Waals surface area contributed by atoms with Crippen LogP contribution in [0.4, 0.5) is 0 Å². The van der Waals surface area contributed by atoms with Gasteiger partial charge in [0.1, 0.15) is 0 Å². The van der Waals surface area contributed by atoms with Gasteiger partial charge < -0.3 is 16.0 Å². The zero-order valence-corrected chi connectivity index (χ0v) is 12.3. The molecule has 0 bridgehead atoms. The van der Waals surface area contributed by atoms with Crippen LogP contribution in [-0.2, 0) is 4.79 Å². The summed E-state index contributed by atoms with van der Waals surface area (Å²) in [6.45, 7) is 9.81. The Kier molecular flexibility index (Phi) is 9.06. The monoisotopic (exact) mass is 256 g/mol. The number of nitrogens with zero attached hydrogens (tertiary/aromatic N) is 1. The standard InChI is InChI=1S/C13H28N4O/c1-6-11(4)17-12(18)7-8-15-13(14-5)16-9-10(2)3/h10-11H,6-9H2,1-5H3,(H,17,18)(H2,14,15,16). The summed E-state index contributed by atoms with van der Waals surface area (Å²) in [4.78, 5) is 15.6. The van der Waals surface area contributed by atoms with E-state index in [1.165, 1.54) is 0 Å². The fourth-order valence-corrected chi connectivity index (χ4v) is 1.26. The molecule has 0 heterocycles. The lowest BCUT2D eigenvalue weighted by molar-refractivity contribution is -0.121. The summed E-state index contributed by atoms with van der Waals surface area (Å²) < 4.78 is 0. The Morgan fingerprint density at radius 2 is 1.89 bits per heavy atom. The summed E-state index contributed by atoms with van der Waals surface area (Å²) in [6.07, 6.45) is 1.42. The Morgan fingerprint density at radius 1 is 1.22 bits per heavy atom. The summed E-state index contributed by atoms with van der Waals surface area (Å²) in [7, 11) is 1.73. The molecule has 1 amide bonds. The van der Waals surface area contributed by atoms with Crippen molar-refractivity contribution in [2.45, 2.75) is 46.6 Å². The summed E-state index contributed by atoms with van der Waals surface area (Å²) in [6, 6.07) is 0.246. The molecular formula is C13H28N4O. The number of amides is 1. The van der Waals surface area contributed by atoms with Gasteiger partial charge in [0.15, 0.2) is 5.96 Å². The molecule has 1 unspecified atom stereocenters. The maximum atomic E-state index is 11.5. The van der Waals surface area contributed by atoms with E-state index < -0.39 is 0 Å². The molecule has 0 aromatic rings. The second-order valence-corrected chi connectivity index (χ2v) is 4.90. The van der Waals surface area contributed by atoms with Crippen LogP contribution >= 0.6 is 0 Å². The number of carbonyl (C=O) groups is 1. The molecule has 0 aliphatic rings. The predicted molar refractivity (Wildman–Crippen MR) is 76.7 cm³/mol. The average Bonchev–Trinajstić information content (AvgIpc) is 2.32. The maximum Gasteiger partial charge on any atom is 0.221 e. The van der Waals surface area contributed by atoms with Crippen molar-refractivity contribution >= 4 is 11.9 Å². The molecule has 0 spiro atoms. The van der Waals surface area contributed by atoms with Gasteiger partial charge in [-0.2, -0.15) is 0 Å². The van der Waals surface area contributed by atoms with E-state index in [1.807, 2.05) is 6.92 Å². The third-order valence-electron chi connectivity index (χ3n) is 2.57. The first-order valence-corrected chi connectivity index (χ1v) is 6.73. The Morgan fingerprint density at radius 3 is 2.39 bits per heavy atom. The van der Waals surface area contributed by atoms with Crippen molar-refractivity contribution in [1.29, 1.82) is 0 Å². The second-order valence-electron chi connectivity index (χ2n) is 4.90. The van der Waals surface area contributed by atoms with Crippen molar-refractivity contribution in [3.63, 3.8) is 0 Å². The molecule has 0 aromatic carbocycles. The van der Waals surface area contributed by atoms with Crippen LogP contribution in [-0.4, -0.2) is 38.0 Å². The fourth-order valence-electron chi connectivity index (χ4n) is 1.26. The van der Waals surface area contributed by atoms with E-state index in [4.69, 9.17) is 0 Å². The van der Waals surface area contributed by atoms with E-state index in [9.17, 15) is 4.79 Å². The molecule has 1 atom stereocenters. The van der Waals surface area contributed by atoms with Gasteiger partial charge in [-0.25, -0.2) is 0 Å². The summed E-state index contributed by atoms with van der Waals surface area (Å²) in [5.74, 6) is 1.40. The smallest absolute Gasteiger partial charge is 0.221 e. The zero-order chi connectivity index (χ0) is 14.0. The quantitative estimate of drug-likeness (QED) is 0.472. The van der Waals surface area contributed by atoms with Gasteiger partial charge in [-0.3, -0.25) is 9.79 Å². The molecule has 106 valence electrons. The largest absolute Gasteiger partial charge is 0.356 e. The predicted octanol–water partition coefficient (Wildman–Crippen LogP) is 1.11. The van der Waals surface area contributed by atoms with E-state index in [1.54, 1.807) is 7.05 Å². The first-order chi connectivity index (χ1) is 8.49. The SMILES string of the molecule is CCC(C)NC(=O)CCNC(=NC)NCC(C)C. The van der Waals surface area contributed by atoms with E-state index in [2.05, 4.69) is 41.7 Å². The number of rotatable bonds is 7. The lowest BCUT2D eigenvalue weighted by atomic mass is 10.2. The van der Waals surface area contributed by atoms with Gasteiger partial charge >= 0.3 is 0 Å². The van der Waals surface area contributed by atoms with Gasteiger partial charge in [0, 0.05) is 32.6 Å². The minimum Gasteiger partial charge on any atom is -0.356 e. The topological polar surface area (TPSA) is 65.5 Å². The molecule has 0 aliphatic carbocycles. The van der Waals surface area contributed by atoms with E-state index in [-0.39, 0.29) is 11.9 Å². The van der Waals surface area contributed by atoms with Crippen LogP contribution in [0.5, 0.6) is 0 Å². The van der Waals surface area contributed by atoms with Crippen LogP contribution < -0.4 is 16.0 Å². The number of nitrogens with one attached hydrogen (secondary N) is 3. The molecule has 0 radical (unpaired) electrons. The van der Waals surface area contributed by atoms with Gasteiger partial charge in [0.2, 0.25) is 5.91 Å². The normalized spacial score (nSPS) is 13.3. The number of aliphatic imine (C=N–C) groups is 1. The van der Waals surface area contributed by atoms with E-state index >= 15 is 0 Å². The average molecular weight is 256 g/mol. The molecular weight excluding hydrogens is 228 g/mol. The first kappa shape index (κ1) is 16.7. The van der Waals surface area contributed by atoms with Gasteiger partial charge in [-0.05, 0) is 19.3 Å².